The summed E-state index contributed by atoms with van der Waals surface area (Å²) >= 11 is 0. The maximum absolute atomic E-state index is 11.8. The molecule has 1 aliphatic heterocycles. The summed E-state index contributed by atoms with van der Waals surface area (Å²) in [6, 6.07) is 9.02. The summed E-state index contributed by atoms with van der Waals surface area (Å²) in [7, 11) is 0. The number of benzene rings is 1. The highest BCUT2D eigenvalue weighted by Crippen LogP contribution is 2.12. The second kappa shape index (κ2) is 5.65. The van der Waals surface area contributed by atoms with Crippen molar-refractivity contribution >= 4 is 6.09 Å². The fraction of sp³-hybridized carbons (Fsp3) is 0.417. The fourth-order valence-electron chi connectivity index (χ4n) is 1.68. The summed E-state index contributed by atoms with van der Waals surface area (Å²) in [4.78, 5) is 13.5. The van der Waals surface area contributed by atoms with E-state index in [0.717, 1.165) is 0 Å². The Hall–Kier alpha value is -1.59. The first-order valence-corrected chi connectivity index (χ1v) is 5.63. The topological polar surface area (TPSA) is 64.8 Å². The molecule has 17 heavy (non-hydrogen) atoms. The van der Waals surface area contributed by atoms with Gasteiger partial charge in [0.2, 0.25) is 0 Å². The van der Waals surface area contributed by atoms with Crippen molar-refractivity contribution in [2.24, 2.45) is 5.73 Å². The molecule has 0 saturated carbocycles. The molecule has 2 N–H and O–H groups in total. The Balaban J connectivity index is 1.91. The lowest BCUT2D eigenvalue weighted by Gasteiger charge is -2.31. The minimum absolute atomic E-state index is 0.0907. The van der Waals surface area contributed by atoms with Crippen LogP contribution in [0.2, 0.25) is 0 Å². The number of morpholine rings is 1. The number of nitrogens with two attached hydrogens (primary N) is 1. The van der Waals surface area contributed by atoms with Crippen molar-refractivity contribution in [2.75, 3.05) is 26.2 Å². The van der Waals surface area contributed by atoms with Crippen molar-refractivity contribution in [3.63, 3.8) is 0 Å². The van der Waals surface area contributed by atoms with Crippen LogP contribution in [-0.4, -0.2) is 43.3 Å². The van der Waals surface area contributed by atoms with Gasteiger partial charge in [0, 0.05) is 13.1 Å². The molecule has 1 aromatic rings. The van der Waals surface area contributed by atoms with Crippen LogP contribution in [0.25, 0.3) is 0 Å². The largest absolute Gasteiger partial charge is 0.415 e. The fourth-order valence-corrected chi connectivity index (χ4v) is 1.68. The van der Waals surface area contributed by atoms with E-state index in [0.29, 0.717) is 32.0 Å². The first-order valence-electron chi connectivity index (χ1n) is 5.63. The minimum atomic E-state index is -0.349. The number of rotatable bonds is 2. The molecule has 1 amide bonds. The smallest absolute Gasteiger partial charge is 0.410 e. The second-order valence-corrected chi connectivity index (χ2v) is 3.86. The van der Waals surface area contributed by atoms with Crippen LogP contribution in [0.4, 0.5) is 4.79 Å². The summed E-state index contributed by atoms with van der Waals surface area (Å²) in [6.45, 7) is 1.95. The van der Waals surface area contributed by atoms with Gasteiger partial charge in [0.25, 0.3) is 0 Å². The van der Waals surface area contributed by atoms with E-state index in [1.165, 1.54) is 0 Å². The molecule has 1 aromatic carbocycles. The molecule has 0 spiro atoms. The molecule has 0 bridgehead atoms. The standard InChI is InChI=1S/C12H16N2O3/c13-8-11-9-14(6-7-16-11)12(15)17-10-4-2-1-3-5-10/h1-5,11H,6-9,13H2. The first-order chi connectivity index (χ1) is 8.29. The molecule has 0 aromatic heterocycles. The van der Waals surface area contributed by atoms with Crippen molar-refractivity contribution in [3.05, 3.63) is 30.3 Å². The normalized spacial score (nSPS) is 20.1. The Labute approximate surface area is 100 Å². The molecular formula is C12H16N2O3. The zero-order valence-corrected chi connectivity index (χ0v) is 9.54. The van der Waals surface area contributed by atoms with Gasteiger partial charge in [-0.05, 0) is 12.1 Å². The van der Waals surface area contributed by atoms with Crippen LogP contribution in [0.3, 0.4) is 0 Å². The third kappa shape index (κ3) is 3.18. The molecule has 1 atom stereocenters. The van der Waals surface area contributed by atoms with E-state index in [2.05, 4.69) is 0 Å². The monoisotopic (exact) mass is 236 g/mol. The molecule has 5 nitrogen and oxygen atoms in total. The predicted molar refractivity (Wildman–Crippen MR) is 62.8 cm³/mol. The van der Waals surface area contributed by atoms with Gasteiger partial charge < -0.3 is 20.1 Å². The highest BCUT2D eigenvalue weighted by Gasteiger charge is 2.24. The Kier molecular flexibility index (Phi) is 3.95. The summed E-state index contributed by atoms with van der Waals surface area (Å²) < 4.78 is 10.6. The van der Waals surface area contributed by atoms with Gasteiger partial charge in [-0.1, -0.05) is 18.2 Å². The molecule has 92 valence electrons. The molecule has 1 aliphatic rings. The van der Waals surface area contributed by atoms with Crippen LogP contribution in [-0.2, 0) is 4.74 Å². The van der Waals surface area contributed by atoms with E-state index in [1.54, 1.807) is 17.0 Å². The van der Waals surface area contributed by atoms with Crippen LogP contribution in [0, 0.1) is 0 Å². The van der Waals surface area contributed by atoms with Crippen molar-refractivity contribution in [1.29, 1.82) is 0 Å². The Morgan fingerprint density at radius 2 is 2.24 bits per heavy atom. The van der Waals surface area contributed by atoms with Crippen LogP contribution in [0.15, 0.2) is 30.3 Å². The number of hydrogen-bond acceptors (Lipinski definition) is 4. The Morgan fingerprint density at radius 3 is 2.94 bits per heavy atom. The average Bonchev–Trinajstić information content (AvgIpc) is 2.40. The molecule has 1 heterocycles. The van der Waals surface area contributed by atoms with Crippen LogP contribution < -0.4 is 10.5 Å². The number of carbonyl (C=O) groups excluding carboxylic acids is 1. The van der Waals surface area contributed by atoms with Gasteiger partial charge in [-0.25, -0.2) is 4.79 Å². The molecule has 1 fully saturated rings. The quantitative estimate of drug-likeness (QED) is 0.826. The SMILES string of the molecule is NCC1CN(C(=O)Oc2ccccc2)CCO1. The predicted octanol–water partition coefficient (Wildman–Crippen LogP) is 0.845. The lowest BCUT2D eigenvalue weighted by molar-refractivity contribution is -0.0152. The lowest BCUT2D eigenvalue weighted by Crippen LogP contribution is -2.49. The first kappa shape index (κ1) is 11.9. The molecule has 2 rings (SSSR count). The number of hydrogen-bond donors (Lipinski definition) is 1. The average molecular weight is 236 g/mol. The van der Waals surface area contributed by atoms with Crippen molar-refractivity contribution in [1.82, 2.24) is 4.90 Å². The molecule has 1 unspecified atom stereocenters. The van der Waals surface area contributed by atoms with E-state index in [9.17, 15) is 4.79 Å². The summed E-state index contributed by atoms with van der Waals surface area (Å²) in [6.07, 6.45) is -0.440. The van der Waals surface area contributed by atoms with Gasteiger partial charge in [-0.15, -0.1) is 0 Å². The third-order valence-electron chi connectivity index (χ3n) is 2.61. The highest BCUT2D eigenvalue weighted by atomic mass is 16.6. The molecule has 1 saturated heterocycles. The van der Waals surface area contributed by atoms with Gasteiger partial charge in [-0.2, -0.15) is 0 Å². The number of carbonyl (C=O) groups is 1. The summed E-state index contributed by atoms with van der Waals surface area (Å²) in [5.41, 5.74) is 5.51. The molecule has 5 heteroatoms. The van der Waals surface area contributed by atoms with E-state index < -0.39 is 0 Å². The van der Waals surface area contributed by atoms with Crippen molar-refractivity contribution < 1.29 is 14.3 Å². The Morgan fingerprint density at radius 1 is 1.47 bits per heavy atom. The van der Waals surface area contributed by atoms with Crippen molar-refractivity contribution in [2.45, 2.75) is 6.10 Å². The maximum atomic E-state index is 11.8. The molecular weight excluding hydrogens is 220 g/mol. The zero-order valence-electron chi connectivity index (χ0n) is 9.54. The second-order valence-electron chi connectivity index (χ2n) is 3.86. The Bertz CT molecular complexity index is 369. The van der Waals surface area contributed by atoms with Gasteiger partial charge in [0.1, 0.15) is 5.75 Å². The number of amides is 1. The van der Waals surface area contributed by atoms with Crippen molar-refractivity contribution in [3.8, 4) is 5.75 Å². The van der Waals surface area contributed by atoms with Gasteiger partial charge in [-0.3, -0.25) is 0 Å². The van der Waals surface area contributed by atoms with Gasteiger partial charge in [0.15, 0.2) is 0 Å². The van der Waals surface area contributed by atoms with Crippen LogP contribution in [0.5, 0.6) is 5.75 Å². The van der Waals surface area contributed by atoms with E-state index in [1.807, 2.05) is 18.2 Å². The minimum Gasteiger partial charge on any atom is -0.410 e. The molecule has 0 radical (unpaired) electrons. The summed E-state index contributed by atoms with van der Waals surface area (Å²) in [5, 5.41) is 0. The third-order valence-corrected chi connectivity index (χ3v) is 2.61. The zero-order chi connectivity index (χ0) is 12.1. The summed E-state index contributed by atoms with van der Waals surface area (Å²) in [5.74, 6) is 0.549. The highest BCUT2D eigenvalue weighted by molar-refractivity contribution is 5.70. The molecule has 0 aliphatic carbocycles. The number of para-hydroxylation sites is 1. The number of ether oxygens (including phenoxy) is 2. The van der Waals surface area contributed by atoms with Crippen LogP contribution in [0.1, 0.15) is 0 Å². The van der Waals surface area contributed by atoms with E-state index in [-0.39, 0.29) is 12.2 Å². The van der Waals surface area contributed by atoms with Gasteiger partial charge >= 0.3 is 6.09 Å². The maximum Gasteiger partial charge on any atom is 0.415 e. The van der Waals surface area contributed by atoms with E-state index >= 15 is 0 Å². The number of nitrogens with zero attached hydrogens (tertiary/aromatic N) is 1. The lowest BCUT2D eigenvalue weighted by atomic mass is 10.3. The van der Waals surface area contributed by atoms with E-state index in [4.69, 9.17) is 15.2 Å². The van der Waals surface area contributed by atoms with Crippen LogP contribution >= 0.6 is 0 Å². The van der Waals surface area contributed by atoms with Gasteiger partial charge in [0.05, 0.1) is 19.3 Å².